The Kier molecular flexibility index (Phi) is 4.11. The molecule has 0 aliphatic rings. The molecule has 0 aliphatic heterocycles. The molecule has 0 bridgehead atoms. The van der Waals surface area contributed by atoms with Crippen LogP contribution in [-0.4, -0.2) is 25.0 Å². The topological polar surface area (TPSA) is 59.5 Å². The van der Waals surface area contributed by atoms with Gasteiger partial charge in [0, 0.05) is 27.7 Å². The van der Waals surface area contributed by atoms with Crippen molar-refractivity contribution in [2.75, 3.05) is 0 Å². The van der Waals surface area contributed by atoms with Crippen LogP contribution in [0.5, 0.6) is 0 Å². The number of imidazole rings is 1. The van der Waals surface area contributed by atoms with Crippen molar-refractivity contribution in [1.82, 2.24) is 14.0 Å². The number of carbonyl (C=O) groups is 1. The fourth-order valence-electron chi connectivity index (χ4n) is 3.74. The Morgan fingerprint density at radius 3 is 2.55 bits per heavy atom. The van der Waals surface area contributed by atoms with E-state index in [0.29, 0.717) is 11.6 Å². The van der Waals surface area contributed by atoms with Crippen molar-refractivity contribution < 1.29 is 9.90 Å². The first-order valence-corrected chi connectivity index (χ1v) is 9.53. The summed E-state index contributed by atoms with van der Waals surface area (Å²) >= 11 is 6.06. The molecule has 1 N–H and O–H groups in total. The van der Waals surface area contributed by atoms with Crippen molar-refractivity contribution in [3.8, 4) is 11.3 Å². The van der Waals surface area contributed by atoms with Gasteiger partial charge >= 0.3 is 5.97 Å². The average Bonchev–Trinajstić information content (AvgIpc) is 3.28. The predicted octanol–water partition coefficient (Wildman–Crippen LogP) is 5.36. The SMILES string of the molecule is O=C(O)c1cc2ccccc2n1Cc1c(-c2ccc(Cl)cc2)nc2ccccn12. The molecule has 0 fully saturated rings. The predicted molar refractivity (Wildman–Crippen MR) is 114 cm³/mol. The van der Waals surface area contributed by atoms with Gasteiger partial charge in [-0.1, -0.05) is 48.0 Å². The lowest BCUT2D eigenvalue weighted by Crippen LogP contribution is -2.11. The summed E-state index contributed by atoms with van der Waals surface area (Å²) in [6.07, 6.45) is 1.95. The number of para-hydroxylation sites is 1. The molecule has 0 amide bonds. The van der Waals surface area contributed by atoms with Gasteiger partial charge in [-0.15, -0.1) is 0 Å². The fraction of sp³-hybridized carbons (Fsp3) is 0.0435. The molecule has 5 nitrogen and oxygen atoms in total. The Bertz CT molecular complexity index is 1370. The minimum atomic E-state index is -0.955. The molecule has 2 aromatic carbocycles. The van der Waals surface area contributed by atoms with Crippen molar-refractivity contribution in [3.63, 3.8) is 0 Å². The number of rotatable bonds is 4. The van der Waals surface area contributed by atoms with E-state index in [1.807, 2.05) is 81.9 Å². The lowest BCUT2D eigenvalue weighted by atomic mass is 10.1. The summed E-state index contributed by atoms with van der Waals surface area (Å²) in [5, 5.41) is 11.3. The van der Waals surface area contributed by atoms with E-state index in [0.717, 1.165) is 33.5 Å². The summed E-state index contributed by atoms with van der Waals surface area (Å²) in [6, 6.07) is 22.7. The number of pyridine rings is 1. The zero-order valence-corrected chi connectivity index (χ0v) is 16.0. The van der Waals surface area contributed by atoms with Gasteiger partial charge in [-0.25, -0.2) is 9.78 Å². The first kappa shape index (κ1) is 17.5. The third-order valence-electron chi connectivity index (χ3n) is 5.08. The van der Waals surface area contributed by atoms with Crippen LogP contribution < -0.4 is 0 Å². The summed E-state index contributed by atoms with van der Waals surface area (Å²) < 4.78 is 3.83. The van der Waals surface area contributed by atoms with Crippen molar-refractivity contribution in [1.29, 1.82) is 0 Å². The van der Waals surface area contributed by atoms with Crippen LogP contribution in [0.25, 0.3) is 27.8 Å². The molecular weight excluding hydrogens is 386 g/mol. The monoisotopic (exact) mass is 401 g/mol. The smallest absolute Gasteiger partial charge is 0.352 e. The number of nitrogens with zero attached hydrogens (tertiary/aromatic N) is 3. The van der Waals surface area contributed by atoms with Crippen molar-refractivity contribution in [2.45, 2.75) is 6.54 Å². The van der Waals surface area contributed by atoms with Gasteiger partial charge in [-0.3, -0.25) is 0 Å². The standard InChI is InChI=1S/C23H16ClN3O2/c24-17-10-8-15(9-11-17)22-20(26-12-4-3-7-21(26)25-22)14-27-18-6-2-1-5-16(18)13-19(27)23(28)29/h1-13H,14H2,(H,28,29). The van der Waals surface area contributed by atoms with Gasteiger partial charge in [0.05, 0.1) is 17.9 Å². The number of carboxylic acid groups (broad SMARTS) is 1. The molecule has 0 atom stereocenters. The maximum absolute atomic E-state index is 11.9. The fourth-order valence-corrected chi connectivity index (χ4v) is 3.87. The molecule has 3 aromatic heterocycles. The molecule has 5 rings (SSSR count). The highest BCUT2D eigenvalue weighted by Gasteiger charge is 2.19. The third-order valence-corrected chi connectivity index (χ3v) is 5.34. The Morgan fingerprint density at radius 1 is 1.00 bits per heavy atom. The van der Waals surface area contributed by atoms with Gasteiger partial charge in [0.1, 0.15) is 11.3 Å². The number of aromatic nitrogens is 3. The van der Waals surface area contributed by atoms with Gasteiger partial charge in [0.15, 0.2) is 0 Å². The van der Waals surface area contributed by atoms with Gasteiger partial charge < -0.3 is 14.1 Å². The largest absolute Gasteiger partial charge is 0.477 e. The number of fused-ring (bicyclic) bond motifs is 2. The molecule has 29 heavy (non-hydrogen) atoms. The molecule has 0 unspecified atom stereocenters. The highest BCUT2D eigenvalue weighted by Crippen LogP contribution is 2.29. The molecule has 5 aromatic rings. The summed E-state index contributed by atoms with van der Waals surface area (Å²) in [7, 11) is 0. The van der Waals surface area contributed by atoms with E-state index in [2.05, 4.69) is 0 Å². The van der Waals surface area contributed by atoms with E-state index < -0.39 is 5.97 Å². The summed E-state index contributed by atoms with van der Waals surface area (Å²) in [6.45, 7) is 0.373. The zero-order chi connectivity index (χ0) is 20.0. The molecular formula is C23H16ClN3O2. The van der Waals surface area contributed by atoms with Crippen LogP contribution in [0.2, 0.25) is 5.02 Å². The lowest BCUT2D eigenvalue weighted by Gasteiger charge is -2.11. The third kappa shape index (κ3) is 2.96. The Hall–Kier alpha value is -3.57. The number of aromatic carboxylic acids is 1. The zero-order valence-electron chi connectivity index (χ0n) is 15.3. The highest BCUT2D eigenvalue weighted by atomic mass is 35.5. The molecule has 0 saturated heterocycles. The second-order valence-electron chi connectivity index (χ2n) is 6.82. The van der Waals surface area contributed by atoms with E-state index >= 15 is 0 Å². The molecule has 0 radical (unpaired) electrons. The van der Waals surface area contributed by atoms with Gasteiger partial charge in [-0.05, 0) is 36.4 Å². The average molecular weight is 402 g/mol. The molecule has 0 saturated carbocycles. The van der Waals surface area contributed by atoms with Crippen molar-refractivity contribution >= 4 is 34.1 Å². The Labute approximate surface area is 171 Å². The van der Waals surface area contributed by atoms with Crippen LogP contribution >= 0.6 is 11.6 Å². The summed E-state index contributed by atoms with van der Waals surface area (Å²) in [5.41, 5.74) is 4.58. The maximum Gasteiger partial charge on any atom is 0.352 e. The second-order valence-corrected chi connectivity index (χ2v) is 7.26. The van der Waals surface area contributed by atoms with E-state index in [9.17, 15) is 9.90 Å². The van der Waals surface area contributed by atoms with Crippen LogP contribution in [0.4, 0.5) is 0 Å². The molecule has 0 spiro atoms. The maximum atomic E-state index is 11.9. The summed E-state index contributed by atoms with van der Waals surface area (Å²) in [4.78, 5) is 16.7. The molecule has 6 heteroatoms. The van der Waals surface area contributed by atoms with E-state index in [1.54, 1.807) is 6.07 Å². The van der Waals surface area contributed by atoms with Crippen molar-refractivity contribution in [3.05, 3.63) is 95.4 Å². The van der Waals surface area contributed by atoms with Crippen LogP contribution in [0, 0.1) is 0 Å². The normalized spacial score (nSPS) is 11.3. The van der Waals surface area contributed by atoms with Crippen LogP contribution in [0.1, 0.15) is 16.2 Å². The van der Waals surface area contributed by atoms with Crippen molar-refractivity contribution in [2.24, 2.45) is 0 Å². The molecule has 142 valence electrons. The number of benzene rings is 2. The van der Waals surface area contributed by atoms with E-state index in [-0.39, 0.29) is 5.69 Å². The van der Waals surface area contributed by atoms with E-state index in [1.165, 1.54) is 0 Å². The quantitative estimate of drug-likeness (QED) is 0.441. The molecule has 0 aliphatic carbocycles. The summed E-state index contributed by atoms with van der Waals surface area (Å²) in [5.74, 6) is -0.955. The van der Waals surface area contributed by atoms with E-state index in [4.69, 9.17) is 16.6 Å². The number of hydrogen-bond acceptors (Lipinski definition) is 2. The second kappa shape index (κ2) is 6.79. The minimum Gasteiger partial charge on any atom is -0.477 e. The van der Waals surface area contributed by atoms with Gasteiger partial charge in [0.2, 0.25) is 0 Å². The van der Waals surface area contributed by atoms with Crippen LogP contribution in [-0.2, 0) is 6.54 Å². The first-order valence-electron chi connectivity index (χ1n) is 9.15. The Balaban J connectivity index is 1.75. The van der Waals surface area contributed by atoms with Gasteiger partial charge in [0.25, 0.3) is 0 Å². The number of halogens is 1. The first-order chi connectivity index (χ1) is 14.1. The van der Waals surface area contributed by atoms with Crippen LogP contribution in [0.15, 0.2) is 79.0 Å². The van der Waals surface area contributed by atoms with Gasteiger partial charge in [-0.2, -0.15) is 0 Å². The number of carboxylic acids is 1. The number of hydrogen-bond donors (Lipinski definition) is 1. The minimum absolute atomic E-state index is 0.249. The molecule has 3 heterocycles. The highest BCUT2D eigenvalue weighted by molar-refractivity contribution is 6.30. The Morgan fingerprint density at radius 2 is 1.76 bits per heavy atom. The lowest BCUT2D eigenvalue weighted by molar-refractivity contribution is 0.0686. The van der Waals surface area contributed by atoms with Crippen LogP contribution in [0.3, 0.4) is 0 Å².